The Morgan fingerprint density at radius 3 is 2.55 bits per heavy atom. The Bertz CT molecular complexity index is 458. The van der Waals surface area contributed by atoms with Crippen molar-refractivity contribution in [3.8, 4) is 0 Å². The number of unbranched alkanes of at least 4 members (excludes halogenated alkanes) is 3. The van der Waals surface area contributed by atoms with Crippen LogP contribution in [0.2, 0.25) is 0 Å². The molecule has 2 nitrogen and oxygen atoms in total. The van der Waals surface area contributed by atoms with Crippen LogP contribution in [0.5, 0.6) is 0 Å². The van der Waals surface area contributed by atoms with Crippen LogP contribution in [0.3, 0.4) is 0 Å². The molecule has 0 bridgehead atoms. The van der Waals surface area contributed by atoms with Gasteiger partial charge in [-0.05, 0) is 19.4 Å². The third kappa shape index (κ3) is 4.67. The number of hydrogen-bond donors (Lipinski definition) is 1. The van der Waals surface area contributed by atoms with Gasteiger partial charge in [0.2, 0.25) is 0 Å². The van der Waals surface area contributed by atoms with E-state index < -0.39 is 17.7 Å². The van der Waals surface area contributed by atoms with Crippen LogP contribution in [0.15, 0.2) is 12.1 Å². The second kappa shape index (κ2) is 8.10. The monoisotopic (exact) mass is 284 g/mol. The zero-order valence-electron chi connectivity index (χ0n) is 12.1. The molecule has 0 saturated heterocycles. The minimum atomic E-state index is -0.946. The molecule has 1 unspecified atom stereocenters. The first-order valence-electron chi connectivity index (χ1n) is 7.11. The van der Waals surface area contributed by atoms with Crippen molar-refractivity contribution in [2.75, 3.05) is 0 Å². The van der Waals surface area contributed by atoms with Gasteiger partial charge in [-0.15, -0.1) is 0 Å². The van der Waals surface area contributed by atoms with Gasteiger partial charge in [-0.1, -0.05) is 38.7 Å². The Kier molecular flexibility index (Phi) is 6.79. The van der Waals surface area contributed by atoms with E-state index in [-0.39, 0.29) is 23.3 Å². The highest BCUT2D eigenvalue weighted by Gasteiger charge is 2.19. The van der Waals surface area contributed by atoms with Crippen molar-refractivity contribution in [3.05, 3.63) is 34.9 Å². The lowest BCUT2D eigenvalue weighted by molar-refractivity contribution is -0.116. The maximum atomic E-state index is 14.2. The van der Waals surface area contributed by atoms with Gasteiger partial charge in [-0.3, -0.25) is 4.79 Å². The Morgan fingerprint density at radius 1 is 1.25 bits per heavy atom. The van der Waals surface area contributed by atoms with Gasteiger partial charge < -0.3 is 5.11 Å². The Morgan fingerprint density at radius 2 is 1.95 bits per heavy atom. The number of hydrogen-bond acceptors (Lipinski definition) is 2. The van der Waals surface area contributed by atoms with Crippen LogP contribution in [0.25, 0.3) is 0 Å². The summed E-state index contributed by atoms with van der Waals surface area (Å²) in [5.41, 5.74) is -0.165. The fraction of sp³-hybridized carbons (Fsp3) is 0.562. The van der Waals surface area contributed by atoms with Gasteiger partial charge in [0.05, 0.1) is 6.10 Å². The van der Waals surface area contributed by atoms with Gasteiger partial charge in [-0.25, -0.2) is 8.78 Å². The smallest absolute Gasteiger partial charge is 0.135 e. The van der Waals surface area contributed by atoms with Gasteiger partial charge in [-0.2, -0.15) is 0 Å². The standard InChI is InChI=1S/C16H22F2O2/c1-3-4-5-6-7-15(20)12-8-9-14(17)13(16(12)18)10-11(2)19/h8-9,15,20H,3-7,10H2,1-2H3. The molecule has 0 aliphatic carbocycles. The second-order valence-corrected chi connectivity index (χ2v) is 5.17. The van der Waals surface area contributed by atoms with Crippen LogP contribution in [0.4, 0.5) is 8.78 Å². The highest BCUT2D eigenvalue weighted by Crippen LogP contribution is 2.26. The van der Waals surface area contributed by atoms with E-state index in [1.807, 2.05) is 0 Å². The van der Waals surface area contributed by atoms with Crippen molar-refractivity contribution in [2.45, 2.75) is 58.5 Å². The molecule has 0 spiro atoms. The lowest BCUT2D eigenvalue weighted by Gasteiger charge is -2.14. The van der Waals surface area contributed by atoms with Crippen LogP contribution in [0.1, 0.15) is 63.2 Å². The molecule has 1 N–H and O–H groups in total. The van der Waals surface area contributed by atoms with Crippen LogP contribution >= 0.6 is 0 Å². The molecule has 1 rings (SSSR count). The molecule has 1 aromatic rings. The van der Waals surface area contributed by atoms with E-state index in [9.17, 15) is 18.7 Å². The van der Waals surface area contributed by atoms with Crippen molar-refractivity contribution in [2.24, 2.45) is 0 Å². The van der Waals surface area contributed by atoms with Gasteiger partial charge >= 0.3 is 0 Å². The molecular formula is C16H22F2O2. The molecule has 0 fully saturated rings. The van der Waals surface area contributed by atoms with Crippen LogP contribution < -0.4 is 0 Å². The molecule has 0 saturated carbocycles. The summed E-state index contributed by atoms with van der Waals surface area (Å²) in [6.07, 6.45) is 3.16. The molecule has 0 aliphatic heterocycles. The van der Waals surface area contributed by atoms with Crippen LogP contribution in [-0.4, -0.2) is 10.9 Å². The number of aliphatic hydroxyl groups is 1. The average Bonchev–Trinajstić information content (AvgIpc) is 2.39. The third-order valence-electron chi connectivity index (χ3n) is 3.33. The zero-order chi connectivity index (χ0) is 15.1. The normalized spacial score (nSPS) is 12.4. The van der Waals surface area contributed by atoms with Gasteiger partial charge in [0, 0.05) is 17.5 Å². The molecule has 0 amide bonds. The van der Waals surface area contributed by atoms with Crippen LogP contribution in [-0.2, 0) is 11.2 Å². The predicted molar refractivity (Wildman–Crippen MR) is 74.5 cm³/mol. The SMILES string of the molecule is CCCCCCC(O)c1ccc(F)c(CC(C)=O)c1F. The van der Waals surface area contributed by atoms with Crippen LogP contribution in [0, 0.1) is 11.6 Å². The van der Waals surface area contributed by atoms with E-state index in [1.165, 1.54) is 13.0 Å². The Hall–Kier alpha value is -1.29. The lowest BCUT2D eigenvalue weighted by Crippen LogP contribution is -2.08. The molecule has 1 atom stereocenters. The zero-order valence-corrected chi connectivity index (χ0v) is 12.1. The predicted octanol–water partition coefficient (Wildman–Crippen LogP) is 4.10. The fourth-order valence-corrected chi connectivity index (χ4v) is 2.20. The number of halogens is 2. The van der Waals surface area contributed by atoms with E-state index in [2.05, 4.69) is 6.92 Å². The topological polar surface area (TPSA) is 37.3 Å². The number of aliphatic hydroxyl groups excluding tert-OH is 1. The summed E-state index contributed by atoms with van der Waals surface area (Å²) < 4.78 is 27.7. The first kappa shape index (κ1) is 16.8. The van der Waals surface area contributed by atoms with Gasteiger partial charge in [0.15, 0.2) is 0 Å². The molecule has 4 heteroatoms. The fourth-order valence-electron chi connectivity index (χ4n) is 2.20. The first-order valence-corrected chi connectivity index (χ1v) is 7.11. The molecule has 0 radical (unpaired) electrons. The number of rotatable bonds is 8. The van der Waals surface area contributed by atoms with Crippen molar-refractivity contribution in [1.29, 1.82) is 0 Å². The van der Waals surface area contributed by atoms with Gasteiger partial charge in [0.25, 0.3) is 0 Å². The number of Topliss-reactive ketones (excluding diaryl/α,β-unsaturated/α-hetero) is 1. The minimum absolute atomic E-state index is 0.0825. The second-order valence-electron chi connectivity index (χ2n) is 5.17. The molecule has 0 heterocycles. The molecule has 112 valence electrons. The highest BCUT2D eigenvalue weighted by molar-refractivity contribution is 5.78. The number of carbonyl (C=O) groups excluding carboxylic acids is 1. The summed E-state index contributed by atoms with van der Waals surface area (Å²) in [5.74, 6) is -1.83. The number of ketones is 1. The van der Waals surface area contributed by atoms with Crippen molar-refractivity contribution in [3.63, 3.8) is 0 Å². The average molecular weight is 284 g/mol. The van der Waals surface area contributed by atoms with E-state index in [0.29, 0.717) is 6.42 Å². The Labute approximate surface area is 118 Å². The third-order valence-corrected chi connectivity index (χ3v) is 3.33. The van der Waals surface area contributed by atoms with E-state index in [0.717, 1.165) is 31.7 Å². The van der Waals surface area contributed by atoms with Crippen molar-refractivity contribution >= 4 is 5.78 Å². The van der Waals surface area contributed by atoms with E-state index >= 15 is 0 Å². The van der Waals surface area contributed by atoms with E-state index in [4.69, 9.17) is 0 Å². The van der Waals surface area contributed by atoms with E-state index in [1.54, 1.807) is 0 Å². The molecular weight excluding hydrogens is 262 g/mol. The minimum Gasteiger partial charge on any atom is -0.388 e. The maximum absolute atomic E-state index is 14.2. The summed E-state index contributed by atoms with van der Waals surface area (Å²) in [4.78, 5) is 11.0. The number of carbonyl (C=O) groups is 1. The highest BCUT2D eigenvalue weighted by atomic mass is 19.1. The summed E-state index contributed by atoms with van der Waals surface area (Å²) in [6.45, 7) is 3.37. The summed E-state index contributed by atoms with van der Waals surface area (Å²) in [6, 6.07) is 2.38. The molecule has 1 aromatic carbocycles. The molecule has 20 heavy (non-hydrogen) atoms. The lowest BCUT2D eigenvalue weighted by atomic mass is 9.98. The largest absolute Gasteiger partial charge is 0.388 e. The summed E-state index contributed by atoms with van der Waals surface area (Å²) >= 11 is 0. The quantitative estimate of drug-likeness (QED) is 0.730. The Balaban J connectivity index is 2.81. The molecule has 0 aliphatic rings. The number of benzene rings is 1. The molecule has 0 aromatic heterocycles. The van der Waals surface area contributed by atoms with Gasteiger partial charge in [0.1, 0.15) is 17.4 Å². The summed E-state index contributed by atoms with van der Waals surface area (Å²) in [7, 11) is 0. The maximum Gasteiger partial charge on any atom is 0.135 e. The van der Waals surface area contributed by atoms with Crippen molar-refractivity contribution < 1.29 is 18.7 Å². The first-order chi connectivity index (χ1) is 9.47. The van der Waals surface area contributed by atoms with Crippen molar-refractivity contribution in [1.82, 2.24) is 0 Å². The summed E-state index contributed by atoms with van der Waals surface area (Å²) in [5, 5.41) is 10.0.